The van der Waals surface area contributed by atoms with E-state index in [2.05, 4.69) is 21.4 Å². The van der Waals surface area contributed by atoms with E-state index >= 15 is 0 Å². The summed E-state index contributed by atoms with van der Waals surface area (Å²) < 4.78 is 13.2. The van der Waals surface area contributed by atoms with Crippen LogP contribution < -0.4 is 5.32 Å². The Balaban J connectivity index is 1.55. The van der Waals surface area contributed by atoms with Crippen molar-refractivity contribution in [2.45, 2.75) is 31.7 Å². The second-order valence-electron chi connectivity index (χ2n) is 7.51. The molecular weight excluding hydrogens is 349 g/mol. The molecule has 2 aliphatic carbocycles. The zero-order valence-corrected chi connectivity index (χ0v) is 15.0. The summed E-state index contributed by atoms with van der Waals surface area (Å²) >= 11 is 6.16. The van der Waals surface area contributed by atoms with Crippen molar-refractivity contribution in [1.29, 1.82) is 0 Å². The van der Waals surface area contributed by atoms with Gasteiger partial charge in [-0.25, -0.2) is 14.4 Å². The summed E-state index contributed by atoms with van der Waals surface area (Å²) in [5, 5.41) is 4.87. The highest BCUT2D eigenvalue weighted by molar-refractivity contribution is 6.28. The van der Waals surface area contributed by atoms with E-state index in [1.165, 1.54) is 37.8 Å². The molecule has 2 bridgehead atoms. The third kappa shape index (κ3) is 2.82. The number of halogens is 2. The van der Waals surface area contributed by atoms with Gasteiger partial charge < -0.3 is 5.32 Å². The highest BCUT2D eigenvalue weighted by Gasteiger charge is 2.39. The third-order valence-electron chi connectivity index (χ3n) is 5.91. The molecule has 5 rings (SSSR count). The molecule has 0 unspecified atom stereocenters. The van der Waals surface area contributed by atoms with Gasteiger partial charge in [-0.2, -0.15) is 0 Å². The maximum absolute atomic E-state index is 13.2. The van der Waals surface area contributed by atoms with Crippen molar-refractivity contribution >= 4 is 28.3 Å². The maximum Gasteiger partial charge on any atom is 0.224 e. The van der Waals surface area contributed by atoms with Crippen LogP contribution in [0.2, 0.25) is 5.28 Å². The number of anilines is 1. The van der Waals surface area contributed by atoms with E-state index in [4.69, 9.17) is 11.6 Å². The van der Waals surface area contributed by atoms with Gasteiger partial charge >= 0.3 is 0 Å². The Hall–Kier alpha value is -2.20. The van der Waals surface area contributed by atoms with Gasteiger partial charge in [-0.3, -0.25) is 0 Å². The molecule has 2 fully saturated rings. The van der Waals surface area contributed by atoms with Crippen LogP contribution in [0.15, 0.2) is 42.5 Å². The van der Waals surface area contributed by atoms with Gasteiger partial charge in [0.05, 0.1) is 5.52 Å². The highest BCUT2D eigenvalue weighted by atomic mass is 35.5. The predicted octanol–water partition coefficient (Wildman–Crippen LogP) is 5.69. The van der Waals surface area contributed by atoms with E-state index in [0.29, 0.717) is 6.04 Å². The van der Waals surface area contributed by atoms with E-state index < -0.39 is 0 Å². The van der Waals surface area contributed by atoms with Gasteiger partial charge in [0.15, 0.2) is 0 Å². The zero-order valence-electron chi connectivity index (χ0n) is 14.3. The Morgan fingerprint density at radius 3 is 2.50 bits per heavy atom. The first-order valence-electron chi connectivity index (χ1n) is 9.15. The first-order valence-corrected chi connectivity index (χ1v) is 9.53. The maximum atomic E-state index is 13.2. The number of rotatable bonds is 3. The van der Waals surface area contributed by atoms with Crippen LogP contribution in [0.3, 0.4) is 0 Å². The van der Waals surface area contributed by atoms with Crippen LogP contribution in [0.5, 0.6) is 0 Å². The highest BCUT2D eigenvalue weighted by Crippen LogP contribution is 2.45. The van der Waals surface area contributed by atoms with Crippen molar-refractivity contribution in [2.75, 3.05) is 5.32 Å². The molecule has 2 aromatic carbocycles. The van der Waals surface area contributed by atoms with Crippen molar-refractivity contribution in [3.05, 3.63) is 53.6 Å². The molecule has 0 amide bonds. The molecule has 0 aliphatic heterocycles. The lowest BCUT2D eigenvalue weighted by atomic mass is 9.95. The molecule has 3 atom stereocenters. The summed E-state index contributed by atoms with van der Waals surface area (Å²) in [5.74, 6) is 2.17. The Kier molecular flexibility index (Phi) is 3.82. The van der Waals surface area contributed by atoms with Crippen LogP contribution in [-0.2, 0) is 0 Å². The molecular formula is C21H19ClFN3. The normalized spacial score (nSPS) is 24.3. The van der Waals surface area contributed by atoms with Crippen LogP contribution >= 0.6 is 11.6 Å². The number of nitrogens with one attached hydrogen (secondary N) is 1. The number of hydrogen-bond donors (Lipinski definition) is 1. The molecule has 0 spiro atoms. The van der Waals surface area contributed by atoms with Gasteiger partial charge in [-0.1, -0.05) is 24.6 Å². The lowest BCUT2D eigenvalue weighted by molar-refractivity contribution is 0.439. The molecule has 3 nitrogen and oxygen atoms in total. The minimum Gasteiger partial charge on any atom is -0.366 e. The quantitative estimate of drug-likeness (QED) is 0.604. The number of fused-ring (bicyclic) bond motifs is 3. The van der Waals surface area contributed by atoms with Gasteiger partial charge in [-0.05, 0) is 78.1 Å². The van der Waals surface area contributed by atoms with Gasteiger partial charge in [0.2, 0.25) is 5.28 Å². The first kappa shape index (κ1) is 16.0. The van der Waals surface area contributed by atoms with Gasteiger partial charge in [0.25, 0.3) is 0 Å². The lowest BCUT2D eigenvalue weighted by Crippen LogP contribution is -2.26. The topological polar surface area (TPSA) is 37.8 Å². The number of hydrogen-bond acceptors (Lipinski definition) is 3. The second-order valence-corrected chi connectivity index (χ2v) is 7.84. The Labute approximate surface area is 156 Å². The van der Waals surface area contributed by atoms with Crippen molar-refractivity contribution in [3.63, 3.8) is 0 Å². The van der Waals surface area contributed by atoms with E-state index in [1.807, 2.05) is 12.1 Å². The van der Waals surface area contributed by atoms with Crippen LogP contribution in [-0.4, -0.2) is 16.0 Å². The first-order chi connectivity index (χ1) is 12.7. The van der Waals surface area contributed by atoms with E-state index in [0.717, 1.165) is 39.7 Å². The largest absolute Gasteiger partial charge is 0.366 e. The van der Waals surface area contributed by atoms with Gasteiger partial charge in [0, 0.05) is 11.4 Å². The fourth-order valence-corrected chi connectivity index (χ4v) is 4.80. The molecule has 5 heteroatoms. The summed E-state index contributed by atoms with van der Waals surface area (Å²) in [6.07, 6.45) is 5.21. The van der Waals surface area contributed by atoms with E-state index in [-0.39, 0.29) is 11.1 Å². The zero-order chi connectivity index (χ0) is 17.7. The fourth-order valence-electron chi connectivity index (χ4n) is 4.63. The Morgan fingerprint density at radius 2 is 1.77 bits per heavy atom. The monoisotopic (exact) mass is 367 g/mol. The number of aromatic nitrogens is 2. The second kappa shape index (κ2) is 6.20. The van der Waals surface area contributed by atoms with E-state index in [1.54, 1.807) is 12.1 Å². The molecule has 0 radical (unpaired) electrons. The molecule has 1 N–H and O–H groups in total. The molecule has 2 aliphatic rings. The van der Waals surface area contributed by atoms with Crippen LogP contribution in [0, 0.1) is 17.7 Å². The molecule has 3 aromatic rings. The van der Waals surface area contributed by atoms with Crippen molar-refractivity contribution in [2.24, 2.45) is 11.8 Å². The van der Waals surface area contributed by atoms with Crippen molar-refractivity contribution in [3.8, 4) is 11.1 Å². The summed E-state index contributed by atoms with van der Waals surface area (Å²) in [6, 6.07) is 13.0. The summed E-state index contributed by atoms with van der Waals surface area (Å²) in [7, 11) is 0. The molecule has 26 heavy (non-hydrogen) atoms. The summed E-state index contributed by atoms with van der Waals surface area (Å²) in [6.45, 7) is 0. The molecule has 2 saturated carbocycles. The van der Waals surface area contributed by atoms with Crippen LogP contribution in [0.25, 0.3) is 22.0 Å². The lowest BCUT2D eigenvalue weighted by Gasteiger charge is -2.24. The van der Waals surface area contributed by atoms with Crippen LogP contribution in [0.1, 0.15) is 25.7 Å². The molecule has 1 heterocycles. The minimum atomic E-state index is -0.233. The van der Waals surface area contributed by atoms with Crippen LogP contribution in [0.4, 0.5) is 10.2 Å². The Morgan fingerprint density at radius 1 is 0.962 bits per heavy atom. The third-order valence-corrected chi connectivity index (χ3v) is 6.08. The van der Waals surface area contributed by atoms with Gasteiger partial charge in [0.1, 0.15) is 11.6 Å². The summed E-state index contributed by atoms with van der Waals surface area (Å²) in [5.41, 5.74) is 2.80. The number of nitrogens with zero attached hydrogens (tertiary/aromatic N) is 2. The molecule has 0 saturated heterocycles. The molecule has 1 aromatic heterocycles. The number of benzene rings is 2. The van der Waals surface area contributed by atoms with Crippen molar-refractivity contribution in [1.82, 2.24) is 9.97 Å². The standard InChI is InChI=1S/C21H19ClFN3/c22-21-25-18-8-5-14(13-3-6-16(23)7-4-13)11-17(18)20(26-21)24-19-10-12-1-2-15(19)9-12/h3-8,11-12,15,19H,1-2,9-10H2,(H,24,25,26)/t12-,15+,19+/m0/s1. The van der Waals surface area contributed by atoms with Gasteiger partial charge in [-0.15, -0.1) is 0 Å². The van der Waals surface area contributed by atoms with Crippen molar-refractivity contribution < 1.29 is 4.39 Å². The molecule has 132 valence electrons. The predicted molar refractivity (Wildman–Crippen MR) is 103 cm³/mol. The average molecular weight is 368 g/mol. The Bertz CT molecular complexity index is 973. The van der Waals surface area contributed by atoms with E-state index in [9.17, 15) is 4.39 Å². The average Bonchev–Trinajstić information content (AvgIpc) is 3.25. The summed E-state index contributed by atoms with van der Waals surface area (Å²) in [4.78, 5) is 8.84. The smallest absolute Gasteiger partial charge is 0.224 e. The SMILES string of the molecule is Fc1ccc(-c2ccc3nc(Cl)nc(N[C@@H]4C[C@H]5CC[C@@H]4C5)c3c2)cc1. The fraction of sp³-hybridized carbons (Fsp3) is 0.333. The minimum absolute atomic E-state index is 0.233.